The molecular weight excluding hydrogens is 272 g/mol. The molecule has 0 aliphatic heterocycles. The van der Waals surface area contributed by atoms with Crippen LogP contribution in [0.2, 0.25) is 0 Å². The maximum Gasteiger partial charge on any atom is 0.332 e. The number of carboxylic acid groups (broad SMARTS) is 1. The van der Waals surface area contributed by atoms with Gasteiger partial charge in [-0.2, -0.15) is 0 Å². The normalized spacial score (nSPS) is 12.8. The van der Waals surface area contributed by atoms with E-state index in [4.69, 9.17) is 17.3 Å². The summed E-state index contributed by atoms with van der Waals surface area (Å²) < 4.78 is 3.42. The molecule has 8 nitrogen and oxygen atoms in total. The summed E-state index contributed by atoms with van der Waals surface area (Å²) in [5.74, 6) is -1.12. The summed E-state index contributed by atoms with van der Waals surface area (Å²) in [6, 6.07) is -1.01. The highest BCUT2D eigenvalue weighted by Gasteiger charge is 2.22. The van der Waals surface area contributed by atoms with Crippen LogP contribution in [0.4, 0.5) is 0 Å². The van der Waals surface area contributed by atoms with Crippen molar-refractivity contribution in [1.29, 1.82) is 0 Å². The molecule has 102 valence electrons. The summed E-state index contributed by atoms with van der Waals surface area (Å²) >= 11 is 5.03. The predicted molar refractivity (Wildman–Crippen MR) is 70.0 cm³/mol. The van der Waals surface area contributed by atoms with Crippen LogP contribution in [0.15, 0.2) is 9.59 Å². The van der Waals surface area contributed by atoms with Crippen LogP contribution in [0.25, 0.3) is 11.2 Å². The SMILES string of the molecule is C[C@@H](C(=O)O)n1c(=S)[nH]c2c1c(=O)n(C)c(=O)n2C. The van der Waals surface area contributed by atoms with Crippen LogP contribution >= 0.6 is 12.2 Å². The van der Waals surface area contributed by atoms with Gasteiger partial charge >= 0.3 is 11.7 Å². The van der Waals surface area contributed by atoms with Crippen molar-refractivity contribution in [2.45, 2.75) is 13.0 Å². The van der Waals surface area contributed by atoms with Crippen molar-refractivity contribution in [2.24, 2.45) is 14.1 Å². The fourth-order valence-electron chi connectivity index (χ4n) is 1.93. The van der Waals surface area contributed by atoms with E-state index in [9.17, 15) is 14.4 Å². The Morgan fingerprint density at radius 2 is 1.89 bits per heavy atom. The van der Waals surface area contributed by atoms with Gasteiger partial charge in [0, 0.05) is 14.1 Å². The highest BCUT2D eigenvalue weighted by atomic mass is 32.1. The summed E-state index contributed by atoms with van der Waals surface area (Å²) in [6.07, 6.45) is 0. The van der Waals surface area contributed by atoms with Crippen LogP contribution in [0.1, 0.15) is 13.0 Å². The Balaban J connectivity index is 3.09. The zero-order valence-corrected chi connectivity index (χ0v) is 11.3. The molecule has 2 N–H and O–H groups in total. The number of H-pyrrole nitrogens is 1. The molecule has 0 fully saturated rings. The third-order valence-electron chi connectivity index (χ3n) is 3.07. The average molecular weight is 284 g/mol. The molecule has 0 bridgehead atoms. The highest BCUT2D eigenvalue weighted by Crippen LogP contribution is 2.14. The Hall–Kier alpha value is -2.16. The van der Waals surface area contributed by atoms with E-state index in [1.54, 1.807) is 0 Å². The molecule has 0 amide bonds. The van der Waals surface area contributed by atoms with Crippen molar-refractivity contribution in [1.82, 2.24) is 18.7 Å². The van der Waals surface area contributed by atoms with Crippen molar-refractivity contribution in [3.8, 4) is 0 Å². The van der Waals surface area contributed by atoms with Crippen LogP contribution in [-0.2, 0) is 18.9 Å². The van der Waals surface area contributed by atoms with Gasteiger partial charge in [-0.25, -0.2) is 9.59 Å². The third kappa shape index (κ3) is 1.73. The topological polar surface area (TPSA) is 102 Å². The lowest BCUT2D eigenvalue weighted by Gasteiger charge is -2.10. The van der Waals surface area contributed by atoms with Gasteiger partial charge in [0.25, 0.3) is 5.56 Å². The molecule has 2 heterocycles. The molecule has 0 saturated carbocycles. The molecule has 0 unspecified atom stereocenters. The van der Waals surface area contributed by atoms with Gasteiger partial charge < -0.3 is 10.1 Å². The number of carbonyl (C=O) groups is 1. The third-order valence-corrected chi connectivity index (χ3v) is 3.37. The first-order chi connectivity index (χ1) is 8.77. The Labute approximate surface area is 111 Å². The largest absolute Gasteiger partial charge is 0.480 e. The summed E-state index contributed by atoms with van der Waals surface area (Å²) in [4.78, 5) is 37.7. The van der Waals surface area contributed by atoms with Crippen molar-refractivity contribution in [3.63, 3.8) is 0 Å². The smallest absolute Gasteiger partial charge is 0.332 e. The number of nitrogens with one attached hydrogen (secondary N) is 1. The van der Waals surface area contributed by atoms with Crippen LogP contribution in [-0.4, -0.2) is 29.8 Å². The van der Waals surface area contributed by atoms with Gasteiger partial charge in [0.2, 0.25) is 0 Å². The second-order valence-electron chi connectivity index (χ2n) is 4.22. The number of fused-ring (bicyclic) bond motifs is 1. The number of imidazole rings is 1. The fourth-order valence-corrected chi connectivity index (χ4v) is 2.28. The molecule has 0 aromatic carbocycles. The molecule has 9 heteroatoms. The number of hydrogen-bond acceptors (Lipinski definition) is 4. The van der Waals surface area contributed by atoms with Gasteiger partial charge in [-0.3, -0.25) is 18.5 Å². The van der Waals surface area contributed by atoms with E-state index in [1.807, 2.05) is 0 Å². The van der Waals surface area contributed by atoms with Crippen LogP contribution in [0.5, 0.6) is 0 Å². The quantitative estimate of drug-likeness (QED) is 0.740. The highest BCUT2D eigenvalue weighted by molar-refractivity contribution is 7.71. The van der Waals surface area contributed by atoms with Crippen molar-refractivity contribution >= 4 is 29.4 Å². The average Bonchev–Trinajstić information content (AvgIpc) is 2.70. The number of aromatic nitrogens is 4. The van der Waals surface area contributed by atoms with E-state index in [0.717, 1.165) is 4.57 Å². The number of aromatic amines is 1. The molecule has 0 spiro atoms. The lowest BCUT2D eigenvalue weighted by atomic mass is 10.3. The number of aryl methyl sites for hydroxylation is 1. The van der Waals surface area contributed by atoms with E-state index in [0.29, 0.717) is 0 Å². The van der Waals surface area contributed by atoms with Crippen LogP contribution in [0.3, 0.4) is 0 Å². The minimum absolute atomic E-state index is 0.0736. The van der Waals surface area contributed by atoms with Gasteiger partial charge in [0.1, 0.15) is 11.7 Å². The lowest BCUT2D eigenvalue weighted by molar-refractivity contribution is -0.140. The zero-order valence-electron chi connectivity index (χ0n) is 10.5. The van der Waals surface area contributed by atoms with Gasteiger partial charge in [-0.05, 0) is 19.1 Å². The number of hydrogen-bond donors (Lipinski definition) is 2. The first-order valence-corrected chi connectivity index (χ1v) is 5.81. The Bertz CT molecular complexity index is 853. The number of rotatable bonds is 2. The molecule has 2 aromatic heterocycles. The first-order valence-electron chi connectivity index (χ1n) is 5.40. The van der Waals surface area contributed by atoms with E-state index in [-0.39, 0.29) is 15.9 Å². The number of aliphatic carboxylic acids is 1. The summed E-state index contributed by atoms with van der Waals surface area (Å²) in [7, 11) is 2.81. The second kappa shape index (κ2) is 4.19. The molecular formula is C10H12N4O4S. The standard InChI is InChI=1S/C10H12N4O4S/c1-4(8(16)17)14-5-6(11-9(14)19)12(2)10(18)13(3)7(5)15/h4H,1-3H3,(H,11,19)(H,16,17)/t4-/m0/s1. The van der Waals surface area contributed by atoms with Gasteiger partial charge in [-0.15, -0.1) is 0 Å². The van der Waals surface area contributed by atoms with Crippen LogP contribution < -0.4 is 11.2 Å². The Morgan fingerprint density at radius 1 is 1.32 bits per heavy atom. The zero-order chi connectivity index (χ0) is 14.5. The first kappa shape index (κ1) is 13.3. The predicted octanol–water partition coefficient (Wildman–Crippen LogP) is -0.258. The molecule has 2 aromatic rings. The van der Waals surface area contributed by atoms with Gasteiger partial charge in [0.15, 0.2) is 10.3 Å². The fraction of sp³-hybridized carbons (Fsp3) is 0.400. The van der Waals surface area contributed by atoms with Crippen molar-refractivity contribution < 1.29 is 9.90 Å². The molecule has 0 aliphatic rings. The molecule has 19 heavy (non-hydrogen) atoms. The second-order valence-corrected chi connectivity index (χ2v) is 4.60. The lowest BCUT2D eigenvalue weighted by Crippen LogP contribution is -2.38. The molecule has 1 atom stereocenters. The Kier molecular flexibility index (Phi) is 2.93. The summed E-state index contributed by atoms with van der Waals surface area (Å²) in [5.41, 5.74) is -0.807. The van der Waals surface area contributed by atoms with Crippen molar-refractivity contribution in [2.75, 3.05) is 0 Å². The number of nitrogens with zero attached hydrogens (tertiary/aromatic N) is 3. The maximum atomic E-state index is 12.1. The maximum absolute atomic E-state index is 12.1. The Morgan fingerprint density at radius 3 is 2.42 bits per heavy atom. The van der Waals surface area contributed by atoms with Crippen molar-refractivity contribution in [3.05, 3.63) is 25.6 Å². The number of carboxylic acids is 1. The monoisotopic (exact) mass is 284 g/mol. The molecule has 2 rings (SSSR count). The minimum atomic E-state index is -1.12. The van der Waals surface area contributed by atoms with Gasteiger partial charge in [0.05, 0.1) is 0 Å². The van der Waals surface area contributed by atoms with E-state index < -0.39 is 23.3 Å². The van der Waals surface area contributed by atoms with E-state index >= 15 is 0 Å². The summed E-state index contributed by atoms with van der Waals surface area (Å²) in [6.45, 7) is 1.41. The van der Waals surface area contributed by atoms with Gasteiger partial charge in [-0.1, -0.05) is 0 Å². The summed E-state index contributed by atoms with van der Waals surface area (Å²) in [5, 5.41) is 9.06. The minimum Gasteiger partial charge on any atom is -0.480 e. The van der Waals surface area contributed by atoms with Crippen LogP contribution in [0, 0.1) is 4.77 Å². The molecule has 0 radical (unpaired) electrons. The van der Waals surface area contributed by atoms with E-state index in [1.165, 1.54) is 30.2 Å². The van der Waals surface area contributed by atoms with E-state index in [2.05, 4.69) is 4.98 Å². The molecule has 0 saturated heterocycles. The molecule has 0 aliphatic carbocycles.